The Morgan fingerprint density at radius 3 is 1.98 bits per heavy atom. The standard InChI is InChI=1S/C29H30GeNS.C15H28O2.Ir/c1-18-25(30(5,6)7)13-12-22-23-14-15-31-26(28(23)32-27(18)22)20-16-19-10-8-9-11-21(19)24(17-20)29(2,3)4;1-7-14(5,8-2)12(16)11-13(17)15(6,9-3)10-4;/h8-15,17H,1-7H3;11,16H,7-10H2,1-6H3;/q-1;;/b;12-11-;. The van der Waals surface area contributed by atoms with Crippen LogP contribution in [0.2, 0.25) is 17.3 Å². The Kier molecular flexibility index (Phi) is 13.6. The topological polar surface area (TPSA) is 50.2 Å². The number of aromatic nitrogens is 1. The molecule has 0 aliphatic heterocycles. The van der Waals surface area contributed by atoms with Gasteiger partial charge in [-0.2, -0.15) is 0 Å². The predicted molar refractivity (Wildman–Crippen MR) is 218 cm³/mol. The van der Waals surface area contributed by atoms with Gasteiger partial charge in [0.15, 0.2) is 5.78 Å². The Labute approximate surface area is 322 Å². The SMILES string of the molecule is CCC(C)(CC)C(=O)/C=C(\O)C(C)(CC)CC.Cc1[c]([Ge]([CH3])([CH3])[CH3])ccc2c1sc1c(-c3[c-]c4ccccc4c(C(C)(C)C)c3)nccc12.[Ir]. The number of aryl methyl sites for hydroxylation is 1. The van der Waals surface area contributed by atoms with Gasteiger partial charge in [-0.15, -0.1) is 0 Å². The average molecular weight is 930 g/mol. The third kappa shape index (κ3) is 8.49. The van der Waals surface area contributed by atoms with E-state index in [2.05, 4.69) is 99.6 Å². The zero-order valence-electron chi connectivity index (χ0n) is 32.6. The van der Waals surface area contributed by atoms with E-state index in [4.69, 9.17) is 4.98 Å². The zero-order chi connectivity index (χ0) is 36.5. The van der Waals surface area contributed by atoms with E-state index in [9.17, 15) is 9.90 Å². The van der Waals surface area contributed by atoms with Crippen LogP contribution in [0.4, 0.5) is 0 Å². The fourth-order valence-electron chi connectivity index (χ4n) is 6.57. The summed E-state index contributed by atoms with van der Waals surface area (Å²) in [5, 5.41) is 15.2. The largest absolute Gasteiger partial charge is 0 e. The van der Waals surface area contributed by atoms with Crippen LogP contribution in [0.25, 0.3) is 42.2 Å². The quantitative estimate of drug-likeness (QED) is 0.0693. The minimum Gasteiger partial charge on any atom is 0 e. The van der Waals surface area contributed by atoms with Gasteiger partial charge < -0.3 is 5.11 Å². The first-order chi connectivity index (χ1) is 22.8. The van der Waals surface area contributed by atoms with Crippen LogP contribution in [0.5, 0.6) is 0 Å². The molecule has 0 saturated heterocycles. The van der Waals surface area contributed by atoms with Gasteiger partial charge in [-0.1, -0.05) is 41.5 Å². The number of hydrogen-bond donors (Lipinski definition) is 1. The number of fused-ring (bicyclic) bond motifs is 4. The second kappa shape index (κ2) is 16.2. The van der Waals surface area contributed by atoms with E-state index in [1.807, 2.05) is 59.1 Å². The number of benzene rings is 3. The summed E-state index contributed by atoms with van der Waals surface area (Å²) in [6, 6.07) is 21.5. The number of aliphatic hydroxyl groups excluding tert-OH is 1. The summed E-state index contributed by atoms with van der Waals surface area (Å²) in [6.45, 7) is 21.3. The molecule has 50 heavy (non-hydrogen) atoms. The Morgan fingerprint density at radius 2 is 1.42 bits per heavy atom. The van der Waals surface area contributed by atoms with Crippen LogP contribution in [0.1, 0.15) is 99.1 Å². The molecule has 5 aromatic rings. The van der Waals surface area contributed by atoms with Gasteiger partial charge in [0.05, 0.1) is 0 Å². The van der Waals surface area contributed by atoms with E-state index in [0.29, 0.717) is 0 Å². The smallest absolute Gasteiger partial charge is 0 e. The maximum absolute atomic E-state index is 12.2. The average Bonchev–Trinajstić information content (AvgIpc) is 3.46. The molecule has 0 aliphatic carbocycles. The molecule has 3 nitrogen and oxygen atoms in total. The number of carbonyl (C=O) groups excluding carboxylic acids is 1. The second-order valence-corrected chi connectivity index (χ2v) is 27.9. The van der Waals surface area contributed by atoms with Crippen molar-refractivity contribution in [3.63, 3.8) is 0 Å². The molecule has 0 fully saturated rings. The molecule has 0 unspecified atom stereocenters. The number of pyridine rings is 1. The van der Waals surface area contributed by atoms with E-state index in [0.717, 1.165) is 42.3 Å². The van der Waals surface area contributed by atoms with Crippen LogP contribution in [0, 0.1) is 23.8 Å². The molecule has 271 valence electrons. The molecule has 0 amide bonds. The summed E-state index contributed by atoms with van der Waals surface area (Å²) in [6.07, 6.45) is 6.72. The van der Waals surface area contributed by atoms with Crippen LogP contribution in [0.3, 0.4) is 0 Å². The summed E-state index contributed by atoms with van der Waals surface area (Å²) in [5.74, 6) is 7.72. The molecule has 2 heterocycles. The molecule has 1 radical (unpaired) electrons. The molecule has 0 atom stereocenters. The first-order valence-corrected chi connectivity index (χ1v) is 26.2. The van der Waals surface area contributed by atoms with Gasteiger partial charge in [0.25, 0.3) is 0 Å². The molecule has 0 saturated carbocycles. The minimum atomic E-state index is -1.93. The van der Waals surface area contributed by atoms with Crippen molar-refractivity contribution in [1.29, 1.82) is 0 Å². The summed E-state index contributed by atoms with van der Waals surface area (Å²) < 4.78 is 4.30. The predicted octanol–water partition coefficient (Wildman–Crippen LogP) is 12.9. The van der Waals surface area contributed by atoms with Crippen molar-refractivity contribution in [2.75, 3.05) is 0 Å². The fraction of sp³-hybridized carbons (Fsp3) is 0.455. The van der Waals surface area contributed by atoms with Crippen LogP contribution >= 0.6 is 11.3 Å². The van der Waals surface area contributed by atoms with Crippen LogP contribution < -0.4 is 4.40 Å². The van der Waals surface area contributed by atoms with E-state index >= 15 is 0 Å². The van der Waals surface area contributed by atoms with Crippen molar-refractivity contribution in [3.8, 4) is 11.3 Å². The van der Waals surface area contributed by atoms with Gasteiger partial charge in [0.2, 0.25) is 0 Å². The van der Waals surface area contributed by atoms with Crippen molar-refractivity contribution in [3.05, 3.63) is 83.8 Å². The number of hydrogen-bond acceptors (Lipinski definition) is 4. The number of thiophene rings is 1. The normalized spacial score (nSPS) is 12.9. The van der Waals surface area contributed by atoms with Gasteiger partial charge in [0.1, 0.15) is 5.76 Å². The van der Waals surface area contributed by atoms with Gasteiger partial charge in [0, 0.05) is 37.0 Å². The summed E-state index contributed by atoms with van der Waals surface area (Å²) in [4.78, 5) is 17.1. The first kappa shape index (κ1) is 42.1. The van der Waals surface area contributed by atoms with Crippen molar-refractivity contribution in [2.24, 2.45) is 10.8 Å². The van der Waals surface area contributed by atoms with Crippen LogP contribution in [-0.4, -0.2) is 29.1 Å². The summed E-state index contributed by atoms with van der Waals surface area (Å²) >= 11 is -0.0228. The zero-order valence-corrected chi connectivity index (χ0v) is 38.0. The van der Waals surface area contributed by atoms with Crippen LogP contribution in [0.15, 0.2) is 66.6 Å². The third-order valence-corrected chi connectivity index (χ3v) is 16.9. The van der Waals surface area contributed by atoms with Crippen molar-refractivity contribution in [1.82, 2.24) is 4.98 Å². The van der Waals surface area contributed by atoms with E-state index in [1.54, 1.807) is 4.40 Å². The molecule has 5 rings (SSSR count). The Bertz CT molecular complexity index is 2000. The van der Waals surface area contributed by atoms with E-state index < -0.39 is 13.3 Å². The monoisotopic (exact) mass is 931 g/mol. The number of nitrogens with zero attached hydrogens (tertiary/aromatic N) is 1. The third-order valence-electron chi connectivity index (χ3n) is 11.1. The Morgan fingerprint density at radius 1 is 0.840 bits per heavy atom. The molecular weight excluding hydrogens is 871 g/mol. The molecule has 0 bridgehead atoms. The molecule has 3 aromatic carbocycles. The van der Waals surface area contributed by atoms with Crippen molar-refractivity contribution >= 4 is 65.7 Å². The first-order valence-electron chi connectivity index (χ1n) is 18.1. The van der Waals surface area contributed by atoms with E-state index in [-0.39, 0.29) is 47.9 Å². The second-order valence-electron chi connectivity index (χ2n) is 16.3. The maximum Gasteiger partial charge on any atom is 0 e. The number of ketones is 1. The van der Waals surface area contributed by atoms with Gasteiger partial charge in [-0.3, -0.25) is 4.79 Å². The summed E-state index contributed by atoms with van der Waals surface area (Å²) in [7, 11) is 0. The van der Waals surface area contributed by atoms with Gasteiger partial charge in [-0.05, 0) is 25.7 Å². The van der Waals surface area contributed by atoms with Gasteiger partial charge >= 0.3 is 198 Å². The number of rotatable bonds is 9. The number of allylic oxidation sites excluding steroid dienone is 2. The maximum atomic E-state index is 12.2. The molecule has 2 aromatic heterocycles. The van der Waals surface area contributed by atoms with Crippen LogP contribution in [-0.2, 0) is 30.3 Å². The number of carbonyl (C=O) groups is 1. The molecular formula is C44H58GeIrNO2S-. The van der Waals surface area contributed by atoms with Gasteiger partial charge in [-0.25, -0.2) is 0 Å². The van der Waals surface area contributed by atoms with Crippen molar-refractivity contribution < 1.29 is 30.0 Å². The fourth-order valence-corrected chi connectivity index (χ4v) is 11.9. The Hall–Kier alpha value is -2.31. The molecule has 6 heteroatoms. The summed E-state index contributed by atoms with van der Waals surface area (Å²) in [5.41, 5.74) is 4.41. The molecule has 0 aliphatic rings. The number of aliphatic hydroxyl groups is 1. The Balaban J connectivity index is 0.000000323. The molecule has 1 N–H and O–H groups in total. The van der Waals surface area contributed by atoms with E-state index in [1.165, 1.54) is 42.8 Å². The van der Waals surface area contributed by atoms with Crippen molar-refractivity contribution in [2.45, 2.75) is 118 Å². The molecule has 0 spiro atoms. The minimum absolute atomic E-state index is 0.